The second-order valence-electron chi connectivity index (χ2n) is 5.49. The van der Waals surface area contributed by atoms with Crippen molar-refractivity contribution in [3.05, 3.63) is 24.0 Å². The normalized spacial score (nSPS) is 18.8. The standard InChI is InChI=1S/C14H19N3O/c1-9-8-12(6-7-15-9)16-14(18)17-13(10-2-3-10)11-4-5-11/h6-8,10-11,13H,2-5H2,1H3,(H2,15,16,17,18). The van der Waals surface area contributed by atoms with Crippen LogP contribution < -0.4 is 10.6 Å². The van der Waals surface area contributed by atoms with Crippen molar-refractivity contribution in [2.45, 2.75) is 38.6 Å². The van der Waals surface area contributed by atoms with Crippen molar-refractivity contribution in [3.63, 3.8) is 0 Å². The van der Waals surface area contributed by atoms with Gasteiger partial charge in [-0.15, -0.1) is 0 Å². The molecular formula is C14H19N3O. The van der Waals surface area contributed by atoms with E-state index in [4.69, 9.17) is 0 Å². The predicted molar refractivity (Wildman–Crippen MR) is 70.4 cm³/mol. The van der Waals surface area contributed by atoms with Crippen LogP contribution in [0.4, 0.5) is 10.5 Å². The van der Waals surface area contributed by atoms with Crippen LogP contribution in [0.5, 0.6) is 0 Å². The van der Waals surface area contributed by atoms with Crippen molar-refractivity contribution < 1.29 is 4.79 Å². The molecule has 96 valence electrons. The van der Waals surface area contributed by atoms with Crippen LogP contribution >= 0.6 is 0 Å². The number of urea groups is 1. The number of anilines is 1. The van der Waals surface area contributed by atoms with Crippen molar-refractivity contribution in [3.8, 4) is 0 Å². The van der Waals surface area contributed by atoms with Gasteiger partial charge >= 0.3 is 6.03 Å². The summed E-state index contributed by atoms with van der Waals surface area (Å²) in [6.07, 6.45) is 6.81. The Morgan fingerprint density at radius 1 is 1.33 bits per heavy atom. The fraction of sp³-hybridized carbons (Fsp3) is 0.571. The van der Waals surface area contributed by atoms with Crippen molar-refractivity contribution in [1.82, 2.24) is 10.3 Å². The van der Waals surface area contributed by atoms with Gasteiger partial charge in [0.15, 0.2) is 0 Å². The van der Waals surface area contributed by atoms with Gasteiger partial charge in [-0.05, 0) is 56.6 Å². The molecule has 3 rings (SSSR count). The first-order valence-corrected chi connectivity index (χ1v) is 6.72. The van der Waals surface area contributed by atoms with Gasteiger partial charge in [0.05, 0.1) is 0 Å². The van der Waals surface area contributed by atoms with E-state index in [1.807, 2.05) is 19.1 Å². The Morgan fingerprint density at radius 3 is 2.56 bits per heavy atom. The Labute approximate surface area is 107 Å². The van der Waals surface area contributed by atoms with Gasteiger partial charge in [-0.3, -0.25) is 4.98 Å². The van der Waals surface area contributed by atoms with E-state index in [0.717, 1.165) is 23.2 Å². The van der Waals surface area contributed by atoms with E-state index in [9.17, 15) is 4.79 Å². The molecule has 2 amide bonds. The summed E-state index contributed by atoms with van der Waals surface area (Å²) < 4.78 is 0. The molecule has 4 nitrogen and oxygen atoms in total. The lowest BCUT2D eigenvalue weighted by Gasteiger charge is -2.18. The van der Waals surface area contributed by atoms with Gasteiger partial charge in [-0.25, -0.2) is 4.79 Å². The number of hydrogen-bond donors (Lipinski definition) is 2. The van der Waals surface area contributed by atoms with Gasteiger partial charge in [0, 0.05) is 23.6 Å². The third-order valence-electron chi connectivity index (χ3n) is 3.71. The molecule has 0 saturated heterocycles. The second kappa shape index (κ2) is 4.59. The summed E-state index contributed by atoms with van der Waals surface area (Å²) in [6, 6.07) is 4.01. The van der Waals surface area contributed by atoms with Crippen LogP contribution in [-0.2, 0) is 0 Å². The first-order valence-electron chi connectivity index (χ1n) is 6.72. The average Bonchev–Trinajstić information content (AvgIpc) is 3.18. The Morgan fingerprint density at radius 2 is 2.00 bits per heavy atom. The Balaban J connectivity index is 1.57. The molecule has 1 aromatic heterocycles. The van der Waals surface area contributed by atoms with Gasteiger partial charge in [-0.1, -0.05) is 0 Å². The van der Waals surface area contributed by atoms with E-state index in [1.54, 1.807) is 6.20 Å². The second-order valence-corrected chi connectivity index (χ2v) is 5.49. The molecule has 0 bridgehead atoms. The van der Waals surface area contributed by atoms with E-state index in [-0.39, 0.29) is 6.03 Å². The summed E-state index contributed by atoms with van der Waals surface area (Å²) >= 11 is 0. The highest BCUT2D eigenvalue weighted by Crippen LogP contribution is 2.44. The third kappa shape index (κ3) is 2.81. The lowest BCUT2D eigenvalue weighted by Crippen LogP contribution is -2.40. The molecule has 2 aliphatic carbocycles. The summed E-state index contributed by atoms with van der Waals surface area (Å²) in [5.41, 5.74) is 1.72. The fourth-order valence-electron chi connectivity index (χ4n) is 2.47. The van der Waals surface area contributed by atoms with E-state index >= 15 is 0 Å². The Bertz CT molecular complexity index is 440. The summed E-state index contributed by atoms with van der Waals surface area (Å²) in [4.78, 5) is 16.1. The van der Waals surface area contributed by atoms with Crippen molar-refractivity contribution in [2.24, 2.45) is 11.8 Å². The maximum Gasteiger partial charge on any atom is 0.319 e. The molecule has 2 saturated carbocycles. The van der Waals surface area contributed by atoms with Crippen LogP contribution in [0, 0.1) is 18.8 Å². The Kier molecular flexibility index (Phi) is 2.94. The van der Waals surface area contributed by atoms with Crippen LogP contribution in [0.2, 0.25) is 0 Å². The number of aryl methyl sites for hydroxylation is 1. The molecule has 0 aromatic carbocycles. The minimum absolute atomic E-state index is 0.0793. The quantitative estimate of drug-likeness (QED) is 0.857. The first kappa shape index (κ1) is 11.5. The van der Waals surface area contributed by atoms with Crippen molar-refractivity contribution in [2.75, 3.05) is 5.32 Å². The lowest BCUT2D eigenvalue weighted by atomic mass is 10.1. The molecule has 0 spiro atoms. The molecule has 4 heteroatoms. The number of rotatable bonds is 4. The number of hydrogen-bond acceptors (Lipinski definition) is 2. The molecule has 2 fully saturated rings. The molecule has 0 radical (unpaired) electrons. The molecule has 0 atom stereocenters. The zero-order chi connectivity index (χ0) is 12.5. The molecule has 0 aliphatic heterocycles. The van der Waals surface area contributed by atoms with E-state index in [2.05, 4.69) is 15.6 Å². The smallest absolute Gasteiger partial charge is 0.319 e. The Hall–Kier alpha value is -1.58. The fourth-order valence-corrected chi connectivity index (χ4v) is 2.47. The molecule has 2 aliphatic rings. The summed E-state index contributed by atoms with van der Waals surface area (Å²) in [7, 11) is 0. The molecule has 2 N–H and O–H groups in total. The van der Waals surface area contributed by atoms with Crippen LogP contribution in [0.15, 0.2) is 18.3 Å². The third-order valence-corrected chi connectivity index (χ3v) is 3.71. The van der Waals surface area contributed by atoms with Gasteiger partial charge < -0.3 is 10.6 Å². The number of amides is 2. The topological polar surface area (TPSA) is 54.0 Å². The van der Waals surface area contributed by atoms with Gasteiger partial charge in [0.1, 0.15) is 0 Å². The van der Waals surface area contributed by atoms with Crippen LogP contribution in [0.25, 0.3) is 0 Å². The minimum Gasteiger partial charge on any atom is -0.335 e. The van der Waals surface area contributed by atoms with Crippen molar-refractivity contribution in [1.29, 1.82) is 0 Å². The zero-order valence-corrected chi connectivity index (χ0v) is 10.6. The average molecular weight is 245 g/mol. The van der Waals surface area contributed by atoms with Gasteiger partial charge in [0.25, 0.3) is 0 Å². The van der Waals surface area contributed by atoms with E-state index in [1.165, 1.54) is 25.7 Å². The van der Waals surface area contributed by atoms with Gasteiger partial charge in [0.2, 0.25) is 0 Å². The summed E-state index contributed by atoms with van der Waals surface area (Å²) in [6.45, 7) is 1.92. The summed E-state index contributed by atoms with van der Waals surface area (Å²) in [5, 5.41) is 6.03. The summed E-state index contributed by atoms with van der Waals surface area (Å²) in [5.74, 6) is 1.45. The highest BCUT2D eigenvalue weighted by atomic mass is 16.2. The largest absolute Gasteiger partial charge is 0.335 e. The van der Waals surface area contributed by atoms with E-state index in [0.29, 0.717) is 6.04 Å². The first-order chi connectivity index (χ1) is 8.72. The SMILES string of the molecule is Cc1cc(NC(=O)NC(C2CC2)C2CC2)ccn1. The maximum atomic E-state index is 12.0. The number of pyridine rings is 1. The van der Waals surface area contributed by atoms with Crippen LogP contribution in [0.3, 0.4) is 0 Å². The zero-order valence-electron chi connectivity index (χ0n) is 10.6. The number of nitrogens with zero attached hydrogens (tertiary/aromatic N) is 1. The predicted octanol–water partition coefficient (Wildman–Crippen LogP) is 2.70. The number of aromatic nitrogens is 1. The van der Waals surface area contributed by atoms with Crippen molar-refractivity contribution >= 4 is 11.7 Å². The number of nitrogens with one attached hydrogen (secondary N) is 2. The van der Waals surface area contributed by atoms with Crippen LogP contribution in [0.1, 0.15) is 31.4 Å². The molecule has 0 unspecified atom stereocenters. The minimum atomic E-state index is -0.0793. The molecule has 18 heavy (non-hydrogen) atoms. The van der Waals surface area contributed by atoms with Gasteiger partial charge in [-0.2, -0.15) is 0 Å². The molecule has 1 heterocycles. The highest BCUT2D eigenvalue weighted by Gasteiger charge is 2.42. The van der Waals surface area contributed by atoms with E-state index < -0.39 is 0 Å². The maximum absolute atomic E-state index is 12.0. The lowest BCUT2D eigenvalue weighted by molar-refractivity contribution is 0.245. The monoisotopic (exact) mass is 245 g/mol. The highest BCUT2D eigenvalue weighted by molar-refractivity contribution is 5.89. The van der Waals surface area contributed by atoms with Crippen LogP contribution in [-0.4, -0.2) is 17.1 Å². The number of carbonyl (C=O) groups excluding carboxylic acids is 1. The molecular weight excluding hydrogens is 226 g/mol. The number of carbonyl (C=O) groups is 1. The molecule has 1 aromatic rings.